The number of rotatable bonds is 6. The van der Waals surface area contributed by atoms with Gasteiger partial charge in [-0.3, -0.25) is 4.90 Å². The highest BCUT2D eigenvalue weighted by Crippen LogP contribution is 2.24. The SMILES string of the molecule is OCCCN(Cc1nc2ccccc2s1)CC(F)(F)F. The second-order valence-electron chi connectivity index (χ2n) is 4.48. The normalized spacial score (nSPS) is 12.4. The Bertz CT molecular complexity index is 523. The monoisotopic (exact) mass is 304 g/mol. The molecule has 0 atom stereocenters. The van der Waals surface area contributed by atoms with Crippen LogP contribution in [-0.2, 0) is 6.54 Å². The summed E-state index contributed by atoms with van der Waals surface area (Å²) in [5.74, 6) is 0. The molecule has 0 amide bonds. The Labute approximate surface area is 118 Å². The van der Waals surface area contributed by atoms with Gasteiger partial charge in [0.2, 0.25) is 0 Å². The first kappa shape index (κ1) is 15.2. The molecular weight excluding hydrogens is 289 g/mol. The van der Waals surface area contributed by atoms with Gasteiger partial charge in [-0.25, -0.2) is 4.98 Å². The van der Waals surface area contributed by atoms with Crippen LogP contribution in [0.2, 0.25) is 0 Å². The molecule has 1 aromatic heterocycles. The Hall–Kier alpha value is -1.18. The van der Waals surface area contributed by atoms with Crippen LogP contribution in [0.3, 0.4) is 0 Å². The van der Waals surface area contributed by atoms with Crippen LogP contribution in [0, 0.1) is 0 Å². The number of thiazole rings is 1. The molecule has 0 unspecified atom stereocenters. The molecule has 0 aliphatic heterocycles. The van der Waals surface area contributed by atoms with Crippen LogP contribution in [-0.4, -0.2) is 40.9 Å². The van der Waals surface area contributed by atoms with E-state index in [2.05, 4.69) is 4.98 Å². The zero-order chi connectivity index (χ0) is 14.6. The third-order valence-electron chi connectivity index (χ3n) is 2.73. The molecule has 1 aromatic carbocycles. The topological polar surface area (TPSA) is 36.4 Å². The van der Waals surface area contributed by atoms with E-state index in [4.69, 9.17) is 5.11 Å². The maximum atomic E-state index is 12.5. The molecular formula is C13H15F3N2OS. The van der Waals surface area contributed by atoms with Gasteiger partial charge in [-0.2, -0.15) is 13.2 Å². The minimum Gasteiger partial charge on any atom is -0.396 e. The van der Waals surface area contributed by atoms with E-state index in [1.807, 2.05) is 24.3 Å². The fourth-order valence-corrected chi connectivity index (χ4v) is 2.95. The van der Waals surface area contributed by atoms with Crippen LogP contribution in [0.25, 0.3) is 10.2 Å². The molecule has 7 heteroatoms. The van der Waals surface area contributed by atoms with Crippen molar-refractivity contribution >= 4 is 21.6 Å². The van der Waals surface area contributed by atoms with E-state index in [-0.39, 0.29) is 19.7 Å². The van der Waals surface area contributed by atoms with E-state index in [0.717, 1.165) is 10.2 Å². The van der Waals surface area contributed by atoms with Crippen molar-refractivity contribution in [3.8, 4) is 0 Å². The van der Waals surface area contributed by atoms with Crippen molar-refractivity contribution in [3.05, 3.63) is 29.3 Å². The van der Waals surface area contributed by atoms with Gasteiger partial charge in [0.15, 0.2) is 0 Å². The van der Waals surface area contributed by atoms with Gasteiger partial charge in [0.25, 0.3) is 0 Å². The average Bonchev–Trinajstić information content (AvgIpc) is 2.76. The van der Waals surface area contributed by atoms with Crippen molar-refractivity contribution in [3.63, 3.8) is 0 Å². The quantitative estimate of drug-likeness (QED) is 0.891. The van der Waals surface area contributed by atoms with Gasteiger partial charge in [0.1, 0.15) is 5.01 Å². The number of hydrogen-bond acceptors (Lipinski definition) is 4. The minimum atomic E-state index is -4.24. The van der Waals surface area contributed by atoms with Crippen molar-refractivity contribution in [1.29, 1.82) is 0 Å². The van der Waals surface area contributed by atoms with Gasteiger partial charge < -0.3 is 5.11 Å². The van der Waals surface area contributed by atoms with Crippen LogP contribution in [0.15, 0.2) is 24.3 Å². The molecule has 2 aromatic rings. The standard InChI is InChI=1S/C13H15F3N2OS/c14-13(15,16)9-18(6-3-7-19)8-12-17-10-4-1-2-5-11(10)20-12/h1-2,4-5,19H,3,6-9H2. The van der Waals surface area contributed by atoms with Crippen LogP contribution < -0.4 is 0 Å². The molecule has 20 heavy (non-hydrogen) atoms. The molecule has 0 saturated carbocycles. The molecule has 0 aliphatic rings. The van der Waals surface area contributed by atoms with Gasteiger partial charge in [-0.15, -0.1) is 11.3 Å². The summed E-state index contributed by atoms with van der Waals surface area (Å²) in [6, 6.07) is 7.48. The van der Waals surface area contributed by atoms with Crippen LogP contribution in [0.1, 0.15) is 11.4 Å². The van der Waals surface area contributed by atoms with Crippen LogP contribution in [0.5, 0.6) is 0 Å². The van der Waals surface area contributed by atoms with Crippen molar-refractivity contribution in [2.24, 2.45) is 0 Å². The first-order valence-corrected chi connectivity index (χ1v) is 7.04. The molecule has 0 spiro atoms. The van der Waals surface area contributed by atoms with E-state index in [1.54, 1.807) is 0 Å². The smallest absolute Gasteiger partial charge is 0.396 e. The number of para-hydroxylation sites is 1. The van der Waals surface area contributed by atoms with Crippen molar-refractivity contribution in [2.45, 2.75) is 19.1 Å². The molecule has 110 valence electrons. The highest BCUT2D eigenvalue weighted by Gasteiger charge is 2.30. The molecule has 0 saturated heterocycles. The van der Waals surface area contributed by atoms with Crippen LogP contribution >= 0.6 is 11.3 Å². The van der Waals surface area contributed by atoms with E-state index >= 15 is 0 Å². The summed E-state index contributed by atoms with van der Waals surface area (Å²) in [6.45, 7) is -0.748. The summed E-state index contributed by atoms with van der Waals surface area (Å²) in [5, 5.41) is 9.43. The molecule has 0 aliphatic carbocycles. The minimum absolute atomic E-state index is 0.117. The largest absolute Gasteiger partial charge is 0.401 e. The fraction of sp³-hybridized carbons (Fsp3) is 0.462. The van der Waals surface area contributed by atoms with E-state index < -0.39 is 12.7 Å². The maximum Gasteiger partial charge on any atom is 0.401 e. The lowest BCUT2D eigenvalue weighted by Crippen LogP contribution is -2.34. The zero-order valence-electron chi connectivity index (χ0n) is 10.7. The Kier molecular flexibility index (Phi) is 4.95. The molecule has 2 rings (SSSR count). The number of alkyl halides is 3. The fourth-order valence-electron chi connectivity index (χ4n) is 1.94. The van der Waals surface area contributed by atoms with Gasteiger partial charge in [-0.1, -0.05) is 12.1 Å². The van der Waals surface area contributed by atoms with Crippen molar-refractivity contribution < 1.29 is 18.3 Å². The summed E-state index contributed by atoms with van der Waals surface area (Å²) in [7, 11) is 0. The molecule has 1 heterocycles. The van der Waals surface area contributed by atoms with Gasteiger partial charge in [0.05, 0.1) is 23.3 Å². The number of aliphatic hydroxyl groups excluding tert-OH is 1. The molecule has 0 radical (unpaired) electrons. The van der Waals surface area contributed by atoms with Gasteiger partial charge in [0, 0.05) is 13.2 Å². The highest BCUT2D eigenvalue weighted by atomic mass is 32.1. The summed E-state index contributed by atoms with van der Waals surface area (Å²) < 4.78 is 38.5. The average molecular weight is 304 g/mol. The highest BCUT2D eigenvalue weighted by molar-refractivity contribution is 7.18. The van der Waals surface area contributed by atoms with Gasteiger partial charge >= 0.3 is 6.18 Å². The predicted octanol–water partition coefficient (Wildman–Crippen LogP) is 3.04. The third-order valence-corrected chi connectivity index (χ3v) is 3.75. The summed E-state index contributed by atoms with van der Waals surface area (Å²) in [5.41, 5.74) is 0.807. The zero-order valence-corrected chi connectivity index (χ0v) is 11.5. The molecule has 0 fully saturated rings. The Morgan fingerprint density at radius 2 is 2.00 bits per heavy atom. The summed E-state index contributed by atoms with van der Waals surface area (Å²) in [4.78, 5) is 5.61. The number of nitrogens with zero attached hydrogens (tertiary/aromatic N) is 2. The number of aliphatic hydroxyl groups is 1. The van der Waals surface area contributed by atoms with Crippen molar-refractivity contribution in [2.75, 3.05) is 19.7 Å². The first-order chi connectivity index (χ1) is 9.48. The van der Waals surface area contributed by atoms with Crippen LogP contribution in [0.4, 0.5) is 13.2 Å². The summed E-state index contributed by atoms with van der Waals surface area (Å²) >= 11 is 1.40. The molecule has 1 N–H and O–H groups in total. The lowest BCUT2D eigenvalue weighted by atomic mass is 10.3. The number of halogens is 3. The second-order valence-corrected chi connectivity index (χ2v) is 5.59. The molecule has 0 bridgehead atoms. The van der Waals surface area contributed by atoms with E-state index in [9.17, 15) is 13.2 Å². The lowest BCUT2D eigenvalue weighted by molar-refractivity contribution is -0.147. The first-order valence-electron chi connectivity index (χ1n) is 6.22. The third kappa shape index (κ3) is 4.43. The number of benzene rings is 1. The predicted molar refractivity (Wildman–Crippen MR) is 72.7 cm³/mol. The number of aromatic nitrogens is 1. The Morgan fingerprint density at radius 1 is 1.25 bits per heavy atom. The Morgan fingerprint density at radius 3 is 2.65 bits per heavy atom. The van der Waals surface area contributed by atoms with E-state index in [0.29, 0.717) is 11.4 Å². The number of fused-ring (bicyclic) bond motifs is 1. The summed E-state index contributed by atoms with van der Waals surface area (Å²) in [6.07, 6.45) is -3.92. The number of hydrogen-bond donors (Lipinski definition) is 1. The van der Waals surface area contributed by atoms with E-state index in [1.165, 1.54) is 16.2 Å². The second kappa shape index (κ2) is 6.51. The van der Waals surface area contributed by atoms with Gasteiger partial charge in [-0.05, 0) is 18.6 Å². The Balaban J connectivity index is 2.09. The molecule has 3 nitrogen and oxygen atoms in total. The lowest BCUT2D eigenvalue weighted by Gasteiger charge is -2.22. The van der Waals surface area contributed by atoms with Crippen molar-refractivity contribution in [1.82, 2.24) is 9.88 Å². The maximum absolute atomic E-state index is 12.5.